The SMILES string of the molecule is CCCCOCCOCCOCCSc1cccc(N)c1. The van der Waals surface area contributed by atoms with Gasteiger partial charge in [0.25, 0.3) is 0 Å². The number of hydrogen-bond acceptors (Lipinski definition) is 5. The standard InChI is InChI=1S/C16H27NO3S/c1-2-3-7-18-8-9-19-10-11-20-12-13-21-16-6-4-5-15(17)14-16/h4-6,14H,2-3,7-13,17H2,1H3. The first-order valence-corrected chi connectivity index (χ1v) is 8.53. The number of benzene rings is 1. The zero-order valence-electron chi connectivity index (χ0n) is 12.9. The van der Waals surface area contributed by atoms with Gasteiger partial charge in [0.2, 0.25) is 0 Å². The predicted octanol–water partition coefficient (Wildman–Crippen LogP) is 3.21. The van der Waals surface area contributed by atoms with Crippen molar-refractivity contribution in [3.63, 3.8) is 0 Å². The highest BCUT2D eigenvalue weighted by Crippen LogP contribution is 2.19. The molecular weight excluding hydrogens is 286 g/mol. The molecule has 0 spiro atoms. The first-order valence-electron chi connectivity index (χ1n) is 7.54. The van der Waals surface area contributed by atoms with Crippen LogP contribution in [-0.4, -0.2) is 45.4 Å². The molecule has 0 aliphatic heterocycles. The summed E-state index contributed by atoms with van der Waals surface area (Å²) in [7, 11) is 0. The van der Waals surface area contributed by atoms with Crippen molar-refractivity contribution < 1.29 is 14.2 Å². The monoisotopic (exact) mass is 313 g/mol. The summed E-state index contributed by atoms with van der Waals surface area (Å²) < 4.78 is 16.3. The Morgan fingerprint density at radius 3 is 2.29 bits per heavy atom. The Morgan fingerprint density at radius 1 is 0.952 bits per heavy atom. The third-order valence-electron chi connectivity index (χ3n) is 2.74. The van der Waals surface area contributed by atoms with Gasteiger partial charge >= 0.3 is 0 Å². The minimum atomic E-state index is 0.625. The first kappa shape index (κ1) is 18.3. The van der Waals surface area contributed by atoms with E-state index in [-0.39, 0.29) is 0 Å². The number of unbranched alkanes of at least 4 members (excludes halogenated alkanes) is 1. The van der Waals surface area contributed by atoms with Gasteiger partial charge in [-0.3, -0.25) is 0 Å². The molecule has 0 fully saturated rings. The summed E-state index contributed by atoms with van der Waals surface area (Å²) in [6.07, 6.45) is 2.29. The molecule has 0 radical (unpaired) electrons. The average molecular weight is 313 g/mol. The summed E-state index contributed by atoms with van der Waals surface area (Å²) in [5.74, 6) is 0.920. The van der Waals surface area contributed by atoms with Crippen LogP contribution in [0, 0.1) is 0 Å². The van der Waals surface area contributed by atoms with Crippen LogP contribution in [0.2, 0.25) is 0 Å². The van der Waals surface area contributed by atoms with Gasteiger partial charge in [0.05, 0.1) is 33.0 Å². The normalized spacial score (nSPS) is 10.9. The van der Waals surface area contributed by atoms with Crippen molar-refractivity contribution in [1.82, 2.24) is 0 Å². The minimum absolute atomic E-state index is 0.625. The summed E-state index contributed by atoms with van der Waals surface area (Å²) in [5.41, 5.74) is 6.53. The molecule has 21 heavy (non-hydrogen) atoms. The maximum Gasteiger partial charge on any atom is 0.0701 e. The molecule has 4 nitrogen and oxygen atoms in total. The van der Waals surface area contributed by atoms with Gasteiger partial charge < -0.3 is 19.9 Å². The van der Waals surface area contributed by atoms with Gasteiger partial charge in [-0.25, -0.2) is 0 Å². The van der Waals surface area contributed by atoms with Crippen LogP contribution in [0.5, 0.6) is 0 Å². The zero-order valence-corrected chi connectivity index (χ0v) is 13.7. The van der Waals surface area contributed by atoms with Crippen LogP contribution in [0.1, 0.15) is 19.8 Å². The maximum atomic E-state index is 5.72. The minimum Gasteiger partial charge on any atom is -0.399 e. The van der Waals surface area contributed by atoms with E-state index in [0.717, 1.165) is 31.1 Å². The lowest BCUT2D eigenvalue weighted by atomic mass is 10.3. The third kappa shape index (κ3) is 10.6. The highest BCUT2D eigenvalue weighted by atomic mass is 32.2. The van der Waals surface area contributed by atoms with E-state index in [1.54, 1.807) is 11.8 Å². The molecule has 0 amide bonds. The summed E-state index contributed by atoms with van der Waals surface area (Å²) in [4.78, 5) is 1.18. The van der Waals surface area contributed by atoms with Crippen LogP contribution in [0.4, 0.5) is 5.69 Å². The summed E-state index contributed by atoms with van der Waals surface area (Å²) in [5, 5.41) is 0. The molecule has 0 bridgehead atoms. The summed E-state index contributed by atoms with van der Waals surface area (Å²) in [6.45, 7) is 6.28. The van der Waals surface area contributed by atoms with Crippen molar-refractivity contribution in [3.05, 3.63) is 24.3 Å². The lowest BCUT2D eigenvalue weighted by Crippen LogP contribution is -2.10. The van der Waals surface area contributed by atoms with E-state index in [9.17, 15) is 0 Å². The molecule has 1 aromatic rings. The molecule has 2 N–H and O–H groups in total. The number of thioether (sulfide) groups is 1. The van der Waals surface area contributed by atoms with Gasteiger partial charge in [-0.2, -0.15) is 0 Å². The Labute approximate surface area is 132 Å². The van der Waals surface area contributed by atoms with Crippen LogP contribution in [-0.2, 0) is 14.2 Å². The fraction of sp³-hybridized carbons (Fsp3) is 0.625. The summed E-state index contributed by atoms with van der Waals surface area (Å²) in [6, 6.07) is 7.90. The van der Waals surface area contributed by atoms with Crippen molar-refractivity contribution in [2.75, 3.05) is 51.1 Å². The van der Waals surface area contributed by atoms with Crippen molar-refractivity contribution in [1.29, 1.82) is 0 Å². The lowest BCUT2D eigenvalue weighted by Gasteiger charge is -2.07. The van der Waals surface area contributed by atoms with Crippen LogP contribution in [0.15, 0.2) is 29.2 Å². The van der Waals surface area contributed by atoms with Crippen molar-refractivity contribution in [3.8, 4) is 0 Å². The molecule has 0 saturated carbocycles. The van der Waals surface area contributed by atoms with E-state index >= 15 is 0 Å². The number of anilines is 1. The van der Waals surface area contributed by atoms with E-state index in [4.69, 9.17) is 19.9 Å². The van der Waals surface area contributed by atoms with Gasteiger partial charge in [-0.05, 0) is 24.6 Å². The Balaban J connectivity index is 1.82. The second-order valence-electron chi connectivity index (χ2n) is 4.61. The second kappa shape index (κ2) is 13.0. The Hall–Kier alpha value is -0.750. The van der Waals surface area contributed by atoms with Crippen LogP contribution in [0.25, 0.3) is 0 Å². The van der Waals surface area contributed by atoms with E-state index < -0.39 is 0 Å². The highest BCUT2D eigenvalue weighted by Gasteiger charge is 1.95. The smallest absolute Gasteiger partial charge is 0.0701 e. The Kier molecular flexibility index (Phi) is 11.3. The lowest BCUT2D eigenvalue weighted by molar-refractivity contribution is 0.0169. The van der Waals surface area contributed by atoms with Gasteiger partial charge in [0, 0.05) is 22.9 Å². The second-order valence-corrected chi connectivity index (χ2v) is 5.78. The van der Waals surface area contributed by atoms with E-state index in [1.807, 2.05) is 18.2 Å². The third-order valence-corrected chi connectivity index (χ3v) is 3.70. The summed E-state index contributed by atoms with van der Waals surface area (Å²) >= 11 is 1.75. The Bertz CT molecular complexity index is 363. The van der Waals surface area contributed by atoms with Crippen molar-refractivity contribution >= 4 is 17.4 Å². The van der Waals surface area contributed by atoms with E-state index in [1.165, 1.54) is 11.3 Å². The van der Waals surface area contributed by atoms with Crippen LogP contribution in [0.3, 0.4) is 0 Å². The van der Waals surface area contributed by atoms with Crippen LogP contribution >= 0.6 is 11.8 Å². The van der Waals surface area contributed by atoms with Crippen LogP contribution < -0.4 is 5.73 Å². The van der Waals surface area contributed by atoms with E-state index in [0.29, 0.717) is 26.4 Å². The molecule has 0 heterocycles. The fourth-order valence-electron chi connectivity index (χ4n) is 1.61. The van der Waals surface area contributed by atoms with Crippen molar-refractivity contribution in [2.24, 2.45) is 0 Å². The fourth-order valence-corrected chi connectivity index (χ4v) is 2.44. The number of hydrogen-bond donors (Lipinski definition) is 1. The quantitative estimate of drug-likeness (QED) is 0.344. The van der Waals surface area contributed by atoms with Gasteiger partial charge in [-0.15, -0.1) is 11.8 Å². The molecule has 0 aliphatic carbocycles. The number of nitrogens with two attached hydrogens (primary N) is 1. The van der Waals surface area contributed by atoms with Gasteiger partial charge in [-0.1, -0.05) is 19.4 Å². The molecule has 0 aliphatic rings. The molecule has 1 aromatic carbocycles. The van der Waals surface area contributed by atoms with Gasteiger partial charge in [0.15, 0.2) is 0 Å². The highest BCUT2D eigenvalue weighted by molar-refractivity contribution is 7.99. The molecular formula is C16H27NO3S. The number of nitrogen functional groups attached to an aromatic ring is 1. The zero-order chi connectivity index (χ0) is 15.2. The average Bonchev–Trinajstić information content (AvgIpc) is 2.48. The first-order chi connectivity index (χ1) is 10.3. The molecule has 5 heteroatoms. The van der Waals surface area contributed by atoms with Crippen molar-refractivity contribution in [2.45, 2.75) is 24.7 Å². The van der Waals surface area contributed by atoms with Gasteiger partial charge in [0.1, 0.15) is 0 Å². The molecule has 0 aromatic heterocycles. The molecule has 0 saturated heterocycles. The topological polar surface area (TPSA) is 53.7 Å². The number of rotatable bonds is 13. The number of ether oxygens (including phenoxy) is 3. The Morgan fingerprint density at radius 2 is 1.62 bits per heavy atom. The van der Waals surface area contributed by atoms with E-state index in [2.05, 4.69) is 13.0 Å². The molecule has 120 valence electrons. The largest absolute Gasteiger partial charge is 0.399 e. The molecule has 1 rings (SSSR count). The molecule has 0 unspecified atom stereocenters. The maximum absolute atomic E-state index is 5.72. The predicted molar refractivity (Wildman–Crippen MR) is 88.9 cm³/mol. The molecule has 0 atom stereocenters.